The van der Waals surface area contributed by atoms with Gasteiger partial charge >= 0.3 is 0 Å². The second-order valence-corrected chi connectivity index (χ2v) is 3.81. The molecule has 0 aromatic heterocycles. The summed E-state index contributed by atoms with van der Waals surface area (Å²) in [5.74, 6) is -0.594. The molecule has 0 radical (unpaired) electrons. The summed E-state index contributed by atoms with van der Waals surface area (Å²) >= 11 is 0. The zero-order valence-electron chi connectivity index (χ0n) is 9.81. The normalized spacial score (nSPS) is 9.42. The van der Waals surface area contributed by atoms with Gasteiger partial charge in [-0.25, -0.2) is 4.39 Å². The maximum absolute atomic E-state index is 13.4. The summed E-state index contributed by atoms with van der Waals surface area (Å²) in [4.78, 5) is 0. The Kier molecular flexibility index (Phi) is 3.31. The van der Waals surface area contributed by atoms with Crippen LogP contribution >= 0.6 is 0 Å². The van der Waals surface area contributed by atoms with Crippen LogP contribution in [0, 0.1) is 28.5 Å². The van der Waals surface area contributed by atoms with Crippen LogP contribution in [-0.4, -0.2) is 0 Å². The van der Waals surface area contributed by atoms with Crippen LogP contribution in [0.4, 0.5) is 21.5 Å². The molecule has 5 heteroatoms. The van der Waals surface area contributed by atoms with Gasteiger partial charge in [0.2, 0.25) is 0 Å². The number of nitrogens with two attached hydrogens (primary N) is 1. The van der Waals surface area contributed by atoms with Crippen LogP contribution in [0.5, 0.6) is 0 Å². The van der Waals surface area contributed by atoms with Gasteiger partial charge in [0.1, 0.15) is 23.5 Å². The molecule has 2 aromatic rings. The zero-order valence-corrected chi connectivity index (χ0v) is 9.81. The summed E-state index contributed by atoms with van der Waals surface area (Å²) in [6.45, 7) is 0. The molecule has 0 amide bonds. The number of nitrogens with zero attached hydrogens (tertiary/aromatic N) is 2. The average molecular weight is 252 g/mol. The second-order valence-electron chi connectivity index (χ2n) is 3.81. The van der Waals surface area contributed by atoms with E-state index in [9.17, 15) is 4.39 Å². The molecule has 0 saturated carbocycles. The molecule has 0 saturated heterocycles. The standard InChI is InChI=1S/C14H9FN4/c15-12-2-1-3-14(11(12)8-17)19-10-4-5-13(18)9(6-10)7-16/h1-6,19H,18H2. The largest absolute Gasteiger partial charge is 0.398 e. The van der Waals surface area contributed by atoms with E-state index < -0.39 is 5.82 Å². The first-order valence-electron chi connectivity index (χ1n) is 5.41. The zero-order chi connectivity index (χ0) is 13.8. The monoisotopic (exact) mass is 252 g/mol. The molecule has 4 nitrogen and oxygen atoms in total. The van der Waals surface area contributed by atoms with Crippen molar-refractivity contribution in [2.45, 2.75) is 0 Å². The van der Waals surface area contributed by atoms with Crippen LogP contribution in [-0.2, 0) is 0 Å². The molecule has 92 valence electrons. The van der Waals surface area contributed by atoms with Crippen molar-refractivity contribution in [2.75, 3.05) is 11.1 Å². The summed E-state index contributed by atoms with van der Waals surface area (Å²) in [6, 6.07) is 12.8. The number of nitrogens with one attached hydrogen (secondary N) is 1. The average Bonchev–Trinajstić information content (AvgIpc) is 2.41. The molecule has 2 rings (SSSR count). The Morgan fingerprint density at radius 1 is 1.11 bits per heavy atom. The second kappa shape index (κ2) is 5.07. The van der Waals surface area contributed by atoms with Gasteiger partial charge in [-0.2, -0.15) is 10.5 Å². The van der Waals surface area contributed by atoms with E-state index in [0.29, 0.717) is 22.6 Å². The Labute approximate surface area is 109 Å². The first kappa shape index (κ1) is 12.4. The highest BCUT2D eigenvalue weighted by Gasteiger charge is 2.08. The van der Waals surface area contributed by atoms with E-state index in [2.05, 4.69) is 5.32 Å². The smallest absolute Gasteiger partial charge is 0.143 e. The number of nitriles is 2. The third kappa shape index (κ3) is 2.46. The van der Waals surface area contributed by atoms with Gasteiger partial charge in [0.15, 0.2) is 0 Å². The number of rotatable bonds is 2. The van der Waals surface area contributed by atoms with Crippen LogP contribution < -0.4 is 11.1 Å². The molecule has 19 heavy (non-hydrogen) atoms. The minimum absolute atomic E-state index is 0.0715. The SMILES string of the molecule is N#Cc1cc(Nc2cccc(F)c2C#N)ccc1N. The predicted molar refractivity (Wildman–Crippen MR) is 70.0 cm³/mol. The molecule has 0 unspecified atom stereocenters. The van der Waals surface area contributed by atoms with Gasteiger partial charge in [0.25, 0.3) is 0 Å². The quantitative estimate of drug-likeness (QED) is 0.804. The number of anilines is 3. The predicted octanol–water partition coefficient (Wildman–Crippen LogP) is 2.89. The van der Waals surface area contributed by atoms with Crippen LogP contribution in [0.15, 0.2) is 36.4 Å². The molecular formula is C14H9FN4. The summed E-state index contributed by atoms with van der Waals surface area (Å²) in [5, 5.41) is 20.7. The van der Waals surface area contributed by atoms with E-state index in [0.717, 1.165) is 0 Å². The lowest BCUT2D eigenvalue weighted by atomic mass is 10.1. The topological polar surface area (TPSA) is 85.6 Å². The number of hydrogen-bond acceptors (Lipinski definition) is 4. The van der Waals surface area contributed by atoms with E-state index in [1.54, 1.807) is 30.3 Å². The summed E-state index contributed by atoms with van der Waals surface area (Å²) < 4.78 is 13.4. The Hall–Kier alpha value is -3.05. The highest BCUT2D eigenvalue weighted by molar-refractivity contribution is 5.70. The molecule has 0 atom stereocenters. The third-order valence-corrected chi connectivity index (χ3v) is 2.58. The van der Waals surface area contributed by atoms with E-state index in [-0.39, 0.29) is 5.56 Å². The van der Waals surface area contributed by atoms with Gasteiger partial charge in [0.05, 0.1) is 11.3 Å². The molecule has 0 aliphatic rings. The molecule has 0 heterocycles. The van der Waals surface area contributed by atoms with Gasteiger partial charge < -0.3 is 11.1 Å². The van der Waals surface area contributed by atoms with Crippen molar-refractivity contribution >= 4 is 17.1 Å². The fourth-order valence-corrected chi connectivity index (χ4v) is 1.63. The van der Waals surface area contributed by atoms with Gasteiger partial charge in [-0.1, -0.05) is 6.07 Å². The highest BCUT2D eigenvalue weighted by atomic mass is 19.1. The van der Waals surface area contributed by atoms with Crippen LogP contribution in [0.25, 0.3) is 0 Å². The molecule has 3 N–H and O–H groups in total. The van der Waals surface area contributed by atoms with Gasteiger partial charge in [0, 0.05) is 11.4 Å². The molecular weight excluding hydrogens is 243 g/mol. The Morgan fingerprint density at radius 3 is 2.58 bits per heavy atom. The lowest BCUT2D eigenvalue weighted by Crippen LogP contribution is -1.98. The Morgan fingerprint density at radius 2 is 1.89 bits per heavy atom. The lowest BCUT2D eigenvalue weighted by Gasteiger charge is -2.09. The van der Waals surface area contributed by atoms with E-state index >= 15 is 0 Å². The Bertz CT molecular complexity index is 710. The van der Waals surface area contributed by atoms with Gasteiger partial charge in [-0.15, -0.1) is 0 Å². The third-order valence-electron chi connectivity index (χ3n) is 2.58. The van der Waals surface area contributed by atoms with Crippen molar-refractivity contribution in [3.63, 3.8) is 0 Å². The van der Waals surface area contributed by atoms with Crippen molar-refractivity contribution in [2.24, 2.45) is 0 Å². The first-order chi connectivity index (χ1) is 9.15. The molecule has 2 aromatic carbocycles. The molecule has 0 fully saturated rings. The minimum atomic E-state index is -0.594. The fourth-order valence-electron chi connectivity index (χ4n) is 1.63. The summed E-state index contributed by atoms with van der Waals surface area (Å²) in [6.07, 6.45) is 0. The van der Waals surface area contributed by atoms with E-state index in [4.69, 9.17) is 16.3 Å². The first-order valence-corrected chi connectivity index (χ1v) is 5.41. The van der Waals surface area contributed by atoms with Crippen LogP contribution in [0.3, 0.4) is 0 Å². The fraction of sp³-hybridized carbons (Fsp3) is 0. The van der Waals surface area contributed by atoms with Crippen molar-refractivity contribution in [1.82, 2.24) is 0 Å². The number of benzene rings is 2. The molecule has 0 aliphatic heterocycles. The summed E-state index contributed by atoms with van der Waals surface area (Å²) in [5.41, 5.74) is 7.13. The maximum Gasteiger partial charge on any atom is 0.143 e. The summed E-state index contributed by atoms with van der Waals surface area (Å²) in [7, 11) is 0. The number of hydrogen-bond donors (Lipinski definition) is 2. The van der Waals surface area contributed by atoms with Crippen molar-refractivity contribution in [3.05, 3.63) is 53.3 Å². The molecule has 0 bridgehead atoms. The lowest BCUT2D eigenvalue weighted by molar-refractivity contribution is 0.624. The highest BCUT2D eigenvalue weighted by Crippen LogP contribution is 2.24. The number of nitrogen functional groups attached to an aromatic ring is 1. The van der Waals surface area contributed by atoms with E-state index in [1.807, 2.05) is 6.07 Å². The number of halogens is 1. The van der Waals surface area contributed by atoms with Crippen molar-refractivity contribution < 1.29 is 4.39 Å². The van der Waals surface area contributed by atoms with Gasteiger partial charge in [-0.3, -0.25) is 0 Å². The van der Waals surface area contributed by atoms with Crippen molar-refractivity contribution in [1.29, 1.82) is 10.5 Å². The molecule has 0 spiro atoms. The Balaban J connectivity index is 2.40. The molecule has 0 aliphatic carbocycles. The van der Waals surface area contributed by atoms with Crippen molar-refractivity contribution in [3.8, 4) is 12.1 Å². The van der Waals surface area contributed by atoms with Crippen LogP contribution in [0.2, 0.25) is 0 Å². The van der Waals surface area contributed by atoms with Gasteiger partial charge in [-0.05, 0) is 30.3 Å². The van der Waals surface area contributed by atoms with Crippen LogP contribution in [0.1, 0.15) is 11.1 Å². The minimum Gasteiger partial charge on any atom is -0.398 e. The van der Waals surface area contributed by atoms with E-state index in [1.165, 1.54) is 12.1 Å². The maximum atomic E-state index is 13.4.